The Balaban J connectivity index is 2.08. The first-order valence-electron chi connectivity index (χ1n) is 7.66. The third-order valence-electron chi connectivity index (χ3n) is 4.05. The minimum absolute atomic E-state index is 0.0303. The first-order chi connectivity index (χ1) is 9.78. The molecule has 1 aromatic rings. The fourth-order valence-electron chi connectivity index (χ4n) is 2.72. The average molecular weight is 294 g/mol. The van der Waals surface area contributed by atoms with Gasteiger partial charge < -0.3 is 15.0 Å². The predicted molar refractivity (Wildman–Crippen MR) is 85.2 cm³/mol. The van der Waals surface area contributed by atoms with Crippen molar-refractivity contribution >= 4 is 5.69 Å². The molecule has 0 saturated carbocycles. The largest absolute Gasteiger partial charge is 0.376 e. The molecule has 2 rings (SSSR count). The van der Waals surface area contributed by atoms with Gasteiger partial charge in [-0.25, -0.2) is 4.39 Å². The van der Waals surface area contributed by atoms with Crippen LogP contribution in [0.15, 0.2) is 18.2 Å². The van der Waals surface area contributed by atoms with Crippen molar-refractivity contribution in [3.8, 4) is 0 Å². The van der Waals surface area contributed by atoms with Crippen molar-refractivity contribution in [3.63, 3.8) is 0 Å². The van der Waals surface area contributed by atoms with E-state index in [2.05, 4.69) is 26.1 Å². The minimum Gasteiger partial charge on any atom is -0.376 e. The highest BCUT2D eigenvalue weighted by Gasteiger charge is 2.29. The third kappa shape index (κ3) is 4.17. The summed E-state index contributed by atoms with van der Waals surface area (Å²) in [5.74, 6) is -0.162. The lowest BCUT2D eigenvalue weighted by molar-refractivity contribution is 0.118. The molecule has 1 fully saturated rings. The molecule has 0 aromatic heterocycles. The second kappa shape index (κ2) is 6.32. The molecule has 1 aromatic carbocycles. The zero-order valence-corrected chi connectivity index (χ0v) is 13.7. The Labute approximate surface area is 127 Å². The lowest BCUT2D eigenvalue weighted by Crippen LogP contribution is -2.37. The van der Waals surface area contributed by atoms with Gasteiger partial charge >= 0.3 is 0 Å². The van der Waals surface area contributed by atoms with Crippen molar-refractivity contribution < 1.29 is 9.13 Å². The summed E-state index contributed by atoms with van der Waals surface area (Å²) in [6, 6.07) is 5.75. The molecule has 0 radical (unpaired) electrons. The van der Waals surface area contributed by atoms with Crippen molar-refractivity contribution in [2.24, 2.45) is 0 Å². The van der Waals surface area contributed by atoms with Gasteiger partial charge in [0.05, 0.1) is 17.8 Å². The molecule has 0 amide bonds. The Morgan fingerprint density at radius 2 is 2.10 bits per heavy atom. The van der Waals surface area contributed by atoms with Gasteiger partial charge in [-0.05, 0) is 51.8 Å². The minimum atomic E-state index is -0.162. The molecule has 118 valence electrons. The monoisotopic (exact) mass is 294 g/mol. The fourth-order valence-corrected chi connectivity index (χ4v) is 2.72. The quantitative estimate of drug-likeness (QED) is 0.922. The molecule has 0 spiro atoms. The van der Waals surface area contributed by atoms with Crippen LogP contribution in [0.2, 0.25) is 0 Å². The smallest absolute Gasteiger partial charge is 0.146 e. The number of hydrogen-bond acceptors (Lipinski definition) is 3. The highest BCUT2D eigenvalue weighted by atomic mass is 19.1. The zero-order chi connectivity index (χ0) is 15.6. The van der Waals surface area contributed by atoms with E-state index in [4.69, 9.17) is 4.74 Å². The number of halogens is 1. The maximum atomic E-state index is 14.4. The number of nitrogens with zero attached hydrogens (tertiary/aromatic N) is 1. The molecule has 1 N–H and O–H groups in total. The summed E-state index contributed by atoms with van der Waals surface area (Å²) in [5, 5.41) is 3.38. The Morgan fingerprint density at radius 1 is 1.38 bits per heavy atom. The maximum Gasteiger partial charge on any atom is 0.146 e. The molecule has 21 heavy (non-hydrogen) atoms. The molecule has 1 saturated heterocycles. The molecule has 0 aliphatic carbocycles. The molecular formula is C17H27FN2O. The molecule has 1 aliphatic rings. The second-order valence-electron chi connectivity index (χ2n) is 6.93. The van der Waals surface area contributed by atoms with E-state index in [1.165, 1.54) is 0 Å². The third-order valence-corrected chi connectivity index (χ3v) is 4.05. The van der Waals surface area contributed by atoms with Gasteiger partial charge in [-0.1, -0.05) is 6.07 Å². The maximum absolute atomic E-state index is 14.4. The van der Waals surface area contributed by atoms with Crippen molar-refractivity contribution in [1.29, 1.82) is 0 Å². The highest BCUT2D eigenvalue weighted by Crippen LogP contribution is 2.27. The summed E-state index contributed by atoms with van der Waals surface area (Å²) in [7, 11) is 1.95. The van der Waals surface area contributed by atoms with E-state index < -0.39 is 0 Å². The summed E-state index contributed by atoms with van der Waals surface area (Å²) in [6.45, 7) is 9.79. The number of hydrogen-bond donors (Lipinski definition) is 1. The lowest BCUT2D eigenvalue weighted by Gasteiger charge is -2.29. The van der Waals surface area contributed by atoms with Gasteiger partial charge in [-0.3, -0.25) is 0 Å². The van der Waals surface area contributed by atoms with Crippen molar-refractivity contribution in [1.82, 2.24) is 5.32 Å². The number of rotatable bonds is 4. The average Bonchev–Trinajstić information content (AvgIpc) is 2.81. The van der Waals surface area contributed by atoms with E-state index in [0.29, 0.717) is 12.2 Å². The summed E-state index contributed by atoms with van der Waals surface area (Å²) < 4.78 is 20.0. The fraction of sp³-hybridized carbons (Fsp3) is 0.647. The SMILES string of the molecule is CC1OCCC1N(C)c1ccc(CNC(C)(C)C)cc1F. The van der Waals surface area contributed by atoms with Crippen LogP contribution in [0.5, 0.6) is 0 Å². The second-order valence-corrected chi connectivity index (χ2v) is 6.93. The van der Waals surface area contributed by atoms with Crippen LogP contribution >= 0.6 is 0 Å². The van der Waals surface area contributed by atoms with E-state index in [-0.39, 0.29) is 23.5 Å². The van der Waals surface area contributed by atoms with E-state index in [1.807, 2.05) is 31.0 Å². The highest BCUT2D eigenvalue weighted by molar-refractivity contribution is 5.49. The van der Waals surface area contributed by atoms with Crippen LogP contribution in [0.3, 0.4) is 0 Å². The Morgan fingerprint density at radius 3 is 2.62 bits per heavy atom. The number of anilines is 1. The Bertz CT molecular complexity index is 484. The van der Waals surface area contributed by atoms with Gasteiger partial charge in [0.25, 0.3) is 0 Å². The van der Waals surface area contributed by atoms with Crippen molar-refractivity contribution in [2.75, 3.05) is 18.6 Å². The molecule has 2 atom stereocenters. The standard InChI is InChI=1S/C17H27FN2O/c1-12-15(8-9-21-12)20(5)16-7-6-13(10-14(16)18)11-19-17(2,3)4/h6-7,10,12,15,19H,8-9,11H2,1-5H3. The Kier molecular flexibility index (Phi) is 4.89. The number of benzene rings is 1. The van der Waals surface area contributed by atoms with Gasteiger partial charge in [0, 0.05) is 25.7 Å². The van der Waals surface area contributed by atoms with E-state index in [9.17, 15) is 4.39 Å². The van der Waals surface area contributed by atoms with Crippen LogP contribution in [0, 0.1) is 5.82 Å². The summed E-state index contributed by atoms with van der Waals surface area (Å²) in [6.07, 6.45) is 1.10. The summed E-state index contributed by atoms with van der Waals surface area (Å²) in [4.78, 5) is 2.01. The molecular weight excluding hydrogens is 267 g/mol. The topological polar surface area (TPSA) is 24.5 Å². The number of likely N-dealkylation sites (N-methyl/N-ethyl adjacent to an activating group) is 1. The van der Waals surface area contributed by atoms with Gasteiger partial charge in [0.1, 0.15) is 5.82 Å². The molecule has 0 bridgehead atoms. The molecule has 1 heterocycles. The lowest BCUT2D eigenvalue weighted by atomic mass is 10.1. The first kappa shape index (κ1) is 16.2. The molecule has 3 nitrogen and oxygen atoms in total. The van der Waals surface area contributed by atoms with Gasteiger partial charge in [0.2, 0.25) is 0 Å². The van der Waals surface area contributed by atoms with Crippen LogP contribution in [-0.2, 0) is 11.3 Å². The van der Waals surface area contributed by atoms with Crippen LogP contribution in [0.25, 0.3) is 0 Å². The van der Waals surface area contributed by atoms with Gasteiger partial charge in [-0.2, -0.15) is 0 Å². The van der Waals surface area contributed by atoms with Crippen LogP contribution < -0.4 is 10.2 Å². The first-order valence-corrected chi connectivity index (χ1v) is 7.66. The van der Waals surface area contributed by atoms with Crippen molar-refractivity contribution in [3.05, 3.63) is 29.6 Å². The van der Waals surface area contributed by atoms with Crippen LogP contribution in [0.1, 0.15) is 39.7 Å². The number of nitrogens with one attached hydrogen (secondary N) is 1. The van der Waals surface area contributed by atoms with Crippen molar-refractivity contribution in [2.45, 2.75) is 58.3 Å². The molecule has 4 heteroatoms. The normalized spacial score (nSPS) is 22.6. The van der Waals surface area contributed by atoms with Crippen LogP contribution in [-0.4, -0.2) is 31.3 Å². The Hall–Kier alpha value is -1.13. The predicted octanol–water partition coefficient (Wildman–Crippen LogP) is 3.33. The number of ether oxygens (including phenoxy) is 1. The molecule has 1 aliphatic heterocycles. The van der Waals surface area contributed by atoms with E-state index in [0.717, 1.165) is 18.6 Å². The summed E-state index contributed by atoms with van der Waals surface area (Å²) >= 11 is 0. The van der Waals surface area contributed by atoms with Gasteiger partial charge in [-0.15, -0.1) is 0 Å². The van der Waals surface area contributed by atoms with E-state index >= 15 is 0 Å². The van der Waals surface area contributed by atoms with E-state index in [1.54, 1.807) is 6.07 Å². The van der Waals surface area contributed by atoms with Gasteiger partial charge in [0.15, 0.2) is 0 Å². The molecule has 2 unspecified atom stereocenters. The van der Waals surface area contributed by atoms with Crippen LogP contribution in [0.4, 0.5) is 10.1 Å². The zero-order valence-electron chi connectivity index (χ0n) is 13.7. The summed E-state index contributed by atoms with van der Waals surface area (Å²) in [5.41, 5.74) is 1.65.